The predicted octanol–water partition coefficient (Wildman–Crippen LogP) is 3.22. The van der Waals surface area contributed by atoms with E-state index in [9.17, 15) is 5.11 Å². The molecule has 0 radical (unpaired) electrons. The largest absolute Gasteiger partial charge is 0.393 e. The van der Waals surface area contributed by atoms with Gasteiger partial charge in [-0.05, 0) is 37.0 Å². The summed E-state index contributed by atoms with van der Waals surface area (Å²) in [4.78, 5) is 0. The van der Waals surface area contributed by atoms with Gasteiger partial charge >= 0.3 is 0 Å². The zero-order valence-corrected chi connectivity index (χ0v) is 9.29. The van der Waals surface area contributed by atoms with Crippen LogP contribution in [0.2, 0.25) is 0 Å². The maximum Gasteiger partial charge on any atom is 0.0543 e. The normalized spacial score (nSPS) is 37.4. The van der Waals surface area contributed by atoms with Gasteiger partial charge in [0.2, 0.25) is 0 Å². The van der Waals surface area contributed by atoms with Gasteiger partial charge in [0, 0.05) is 0 Å². The number of aliphatic hydroxyl groups excluding tert-OH is 1. The van der Waals surface area contributed by atoms with Crippen molar-refractivity contribution in [3.05, 3.63) is 0 Å². The summed E-state index contributed by atoms with van der Waals surface area (Å²) in [5, 5.41) is 9.64. The minimum Gasteiger partial charge on any atom is -0.393 e. The van der Waals surface area contributed by atoms with E-state index in [0.717, 1.165) is 30.6 Å². The summed E-state index contributed by atoms with van der Waals surface area (Å²) in [7, 11) is 0. The molecule has 0 aliphatic heterocycles. The van der Waals surface area contributed by atoms with Crippen LogP contribution in [0.5, 0.6) is 0 Å². The van der Waals surface area contributed by atoms with Crippen molar-refractivity contribution >= 4 is 0 Å². The SMILES string of the molecule is CCC(C)C1CC(O)CCC1CC. The number of rotatable bonds is 3. The summed E-state index contributed by atoms with van der Waals surface area (Å²) < 4.78 is 0. The van der Waals surface area contributed by atoms with Gasteiger partial charge in [-0.2, -0.15) is 0 Å². The Morgan fingerprint density at radius 3 is 2.54 bits per heavy atom. The lowest BCUT2D eigenvalue weighted by Gasteiger charge is -2.37. The van der Waals surface area contributed by atoms with Gasteiger partial charge in [-0.15, -0.1) is 0 Å². The van der Waals surface area contributed by atoms with Crippen molar-refractivity contribution in [3.63, 3.8) is 0 Å². The topological polar surface area (TPSA) is 20.2 Å². The fourth-order valence-electron chi connectivity index (χ4n) is 2.75. The van der Waals surface area contributed by atoms with Crippen LogP contribution >= 0.6 is 0 Å². The van der Waals surface area contributed by atoms with Crippen LogP contribution in [0.25, 0.3) is 0 Å². The minimum atomic E-state index is -0.0122. The molecule has 1 saturated carbocycles. The van der Waals surface area contributed by atoms with Gasteiger partial charge in [-0.3, -0.25) is 0 Å². The van der Waals surface area contributed by atoms with Gasteiger partial charge in [0.25, 0.3) is 0 Å². The van der Waals surface area contributed by atoms with Gasteiger partial charge in [0.1, 0.15) is 0 Å². The maximum atomic E-state index is 9.64. The molecule has 0 amide bonds. The quantitative estimate of drug-likeness (QED) is 0.714. The van der Waals surface area contributed by atoms with Crippen molar-refractivity contribution in [2.75, 3.05) is 0 Å². The maximum absolute atomic E-state index is 9.64. The van der Waals surface area contributed by atoms with Crippen molar-refractivity contribution in [1.82, 2.24) is 0 Å². The third-order valence-electron chi connectivity index (χ3n) is 3.92. The standard InChI is InChI=1S/C12H24O/c1-4-9(3)12-8-11(13)7-6-10(12)5-2/h9-13H,4-8H2,1-3H3. The predicted molar refractivity (Wildman–Crippen MR) is 56.6 cm³/mol. The Kier molecular flexibility index (Phi) is 4.24. The molecule has 0 aromatic rings. The first-order valence-corrected chi connectivity index (χ1v) is 5.87. The molecule has 13 heavy (non-hydrogen) atoms. The Labute approximate surface area is 82.5 Å². The summed E-state index contributed by atoms with van der Waals surface area (Å²) in [6, 6.07) is 0. The Balaban J connectivity index is 2.54. The zero-order valence-electron chi connectivity index (χ0n) is 9.29. The smallest absolute Gasteiger partial charge is 0.0543 e. The van der Waals surface area contributed by atoms with Crippen molar-refractivity contribution in [2.45, 2.75) is 59.0 Å². The Morgan fingerprint density at radius 1 is 1.31 bits per heavy atom. The molecule has 1 aliphatic carbocycles. The van der Waals surface area contributed by atoms with E-state index in [0.29, 0.717) is 0 Å². The summed E-state index contributed by atoms with van der Waals surface area (Å²) in [5.41, 5.74) is 0. The molecule has 4 atom stereocenters. The van der Waals surface area contributed by atoms with E-state index in [1.165, 1.54) is 19.3 Å². The van der Waals surface area contributed by atoms with Gasteiger partial charge in [0.05, 0.1) is 6.10 Å². The Hall–Kier alpha value is -0.0400. The fraction of sp³-hybridized carbons (Fsp3) is 1.00. The van der Waals surface area contributed by atoms with Gasteiger partial charge in [0.15, 0.2) is 0 Å². The first-order valence-electron chi connectivity index (χ1n) is 5.87. The first kappa shape index (κ1) is 11.0. The molecule has 78 valence electrons. The molecular weight excluding hydrogens is 160 g/mol. The summed E-state index contributed by atoms with van der Waals surface area (Å²) >= 11 is 0. The lowest BCUT2D eigenvalue weighted by molar-refractivity contribution is 0.0435. The molecule has 0 spiro atoms. The molecule has 1 rings (SSSR count). The van der Waals surface area contributed by atoms with Crippen LogP contribution in [0.3, 0.4) is 0 Å². The highest BCUT2D eigenvalue weighted by atomic mass is 16.3. The summed E-state index contributed by atoms with van der Waals surface area (Å²) in [5.74, 6) is 2.44. The number of hydrogen-bond donors (Lipinski definition) is 1. The van der Waals surface area contributed by atoms with E-state index in [1.807, 2.05) is 0 Å². The molecular formula is C12H24O. The van der Waals surface area contributed by atoms with Crippen LogP contribution in [-0.2, 0) is 0 Å². The van der Waals surface area contributed by atoms with E-state index in [1.54, 1.807) is 0 Å². The van der Waals surface area contributed by atoms with Crippen molar-refractivity contribution < 1.29 is 5.11 Å². The summed E-state index contributed by atoms with van der Waals surface area (Å²) in [6.07, 6.45) is 5.86. The average Bonchev–Trinajstić information content (AvgIpc) is 2.16. The lowest BCUT2D eigenvalue weighted by atomic mass is 9.70. The first-order chi connectivity index (χ1) is 6.19. The van der Waals surface area contributed by atoms with E-state index in [2.05, 4.69) is 20.8 Å². The third kappa shape index (κ3) is 2.70. The van der Waals surface area contributed by atoms with Crippen molar-refractivity contribution in [1.29, 1.82) is 0 Å². The van der Waals surface area contributed by atoms with Crippen LogP contribution in [0.1, 0.15) is 52.9 Å². The van der Waals surface area contributed by atoms with E-state index >= 15 is 0 Å². The van der Waals surface area contributed by atoms with Crippen LogP contribution in [0, 0.1) is 17.8 Å². The molecule has 0 aromatic carbocycles. The van der Waals surface area contributed by atoms with Crippen LogP contribution in [0.4, 0.5) is 0 Å². The van der Waals surface area contributed by atoms with Crippen LogP contribution in [0.15, 0.2) is 0 Å². The van der Waals surface area contributed by atoms with Gasteiger partial charge < -0.3 is 5.11 Å². The molecule has 0 bridgehead atoms. The van der Waals surface area contributed by atoms with E-state index in [4.69, 9.17) is 0 Å². The second-order valence-corrected chi connectivity index (χ2v) is 4.68. The molecule has 1 heteroatoms. The van der Waals surface area contributed by atoms with Crippen LogP contribution in [-0.4, -0.2) is 11.2 Å². The molecule has 4 unspecified atom stereocenters. The Morgan fingerprint density at radius 2 is 2.00 bits per heavy atom. The third-order valence-corrected chi connectivity index (χ3v) is 3.92. The molecule has 1 N–H and O–H groups in total. The Bertz CT molecular complexity index is 144. The number of aliphatic hydroxyl groups is 1. The highest BCUT2D eigenvalue weighted by Gasteiger charge is 2.31. The van der Waals surface area contributed by atoms with E-state index < -0.39 is 0 Å². The lowest BCUT2D eigenvalue weighted by Crippen LogP contribution is -2.31. The molecule has 1 nitrogen and oxygen atoms in total. The average molecular weight is 184 g/mol. The number of hydrogen-bond acceptors (Lipinski definition) is 1. The van der Waals surface area contributed by atoms with Crippen molar-refractivity contribution in [2.24, 2.45) is 17.8 Å². The molecule has 0 aromatic heterocycles. The zero-order chi connectivity index (χ0) is 9.84. The molecule has 0 saturated heterocycles. The fourth-order valence-corrected chi connectivity index (χ4v) is 2.75. The molecule has 1 aliphatic rings. The molecule has 1 fully saturated rings. The minimum absolute atomic E-state index is 0.0122. The van der Waals surface area contributed by atoms with Gasteiger partial charge in [-0.1, -0.05) is 33.6 Å². The van der Waals surface area contributed by atoms with Gasteiger partial charge in [-0.25, -0.2) is 0 Å². The highest BCUT2D eigenvalue weighted by molar-refractivity contribution is 4.81. The van der Waals surface area contributed by atoms with Crippen molar-refractivity contribution in [3.8, 4) is 0 Å². The van der Waals surface area contributed by atoms with Crippen LogP contribution < -0.4 is 0 Å². The monoisotopic (exact) mass is 184 g/mol. The second kappa shape index (κ2) is 4.99. The van der Waals surface area contributed by atoms with E-state index in [-0.39, 0.29) is 6.10 Å². The summed E-state index contributed by atoms with van der Waals surface area (Å²) in [6.45, 7) is 6.89. The second-order valence-electron chi connectivity index (χ2n) is 4.68. The highest BCUT2D eigenvalue weighted by Crippen LogP contribution is 2.38. The molecule has 0 heterocycles.